The van der Waals surface area contributed by atoms with Crippen molar-refractivity contribution in [2.24, 2.45) is 5.73 Å². The molecule has 0 unspecified atom stereocenters. The molecule has 1 rings (SSSR count). The normalized spacial score (nSPS) is 11.5. The second kappa shape index (κ2) is 6.00. The summed E-state index contributed by atoms with van der Waals surface area (Å²) in [7, 11) is 7.95. The topological polar surface area (TPSA) is 52.7 Å². The molecule has 0 aliphatic rings. The molecule has 0 saturated heterocycles. The Kier molecular flexibility index (Phi) is 4.93. The van der Waals surface area contributed by atoms with Crippen molar-refractivity contribution in [1.29, 1.82) is 0 Å². The van der Waals surface area contributed by atoms with Gasteiger partial charge in [-0.25, -0.2) is 0 Å². The molecule has 1 aromatic carbocycles. The van der Waals surface area contributed by atoms with E-state index in [4.69, 9.17) is 5.73 Å². The maximum absolute atomic E-state index is 10.2. The highest BCUT2D eigenvalue weighted by Crippen LogP contribution is 2.26. The number of aromatic hydroxyl groups is 1. The molecule has 0 spiro atoms. The number of hydrogen-bond acceptors (Lipinski definition) is 4. The van der Waals surface area contributed by atoms with E-state index in [-0.39, 0.29) is 0 Å². The van der Waals surface area contributed by atoms with Crippen molar-refractivity contribution in [2.45, 2.75) is 19.6 Å². The third kappa shape index (κ3) is 4.00. The van der Waals surface area contributed by atoms with Crippen molar-refractivity contribution in [3.8, 4) is 5.75 Å². The summed E-state index contributed by atoms with van der Waals surface area (Å²) in [6, 6.07) is 3.96. The van der Waals surface area contributed by atoms with Crippen molar-refractivity contribution >= 4 is 0 Å². The molecule has 4 nitrogen and oxygen atoms in total. The van der Waals surface area contributed by atoms with E-state index < -0.39 is 0 Å². The van der Waals surface area contributed by atoms with Gasteiger partial charge in [-0.3, -0.25) is 0 Å². The van der Waals surface area contributed by atoms with Gasteiger partial charge in [0.25, 0.3) is 0 Å². The van der Waals surface area contributed by atoms with E-state index in [0.717, 1.165) is 29.8 Å². The number of nitrogens with zero attached hydrogens (tertiary/aromatic N) is 2. The van der Waals surface area contributed by atoms with Crippen molar-refractivity contribution in [3.05, 3.63) is 28.8 Å². The Hall–Kier alpha value is -1.10. The van der Waals surface area contributed by atoms with E-state index >= 15 is 0 Å². The van der Waals surface area contributed by atoms with E-state index in [1.807, 2.05) is 50.1 Å². The van der Waals surface area contributed by atoms with Gasteiger partial charge < -0.3 is 20.6 Å². The lowest BCUT2D eigenvalue weighted by Crippen LogP contribution is -2.15. The van der Waals surface area contributed by atoms with Crippen LogP contribution in [-0.4, -0.2) is 43.1 Å². The number of nitrogens with two attached hydrogens (primary N) is 1. The largest absolute Gasteiger partial charge is 0.507 e. The minimum Gasteiger partial charge on any atom is -0.507 e. The van der Waals surface area contributed by atoms with Crippen LogP contribution in [0, 0.1) is 0 Å². The number of hydrogen-bond donors (Lipinski definition) is 2. The molecule has 0 aromatic heterocycles. The molecule has 3 N–H and O–H groups in total. The van der Waals surface area contributed by atoms with Gasteiger partial charge in [0.2, 0.25) is 0 Å². The molecule has 1 aromatic rings. The Morgan fingerprint density at radius 2 is 1.41 bits per heavy atom. The average molecular weight is 237 g/mol. The van der Waals surface area contributed by atoms with Crippen LogP contribution in [0.1, 0.15) is 16.7 Å². The Morgan fingerprint density at radius 1 is 1.00 bits per heavy atom. The molecule has 0 saturated carbocycles. The molecule has 0 amide bonds. The van der Waals surface area contributed by atoms with Gasteiger partial charge in [0, 0.05) is 30.8 Å². The molecule has 17 heavy (non-hydrogen) atoms. The zero-order valence-electron chi connectivity index (χ0n) is 11.2. The van der Waals surface area contributed by atoms with E-state index in [0.29, 0.717) is 12.3 Å². The van der Waals surface area contributed by atoms with Crippen molar-refractivity contribution in [1.82, 2.24) is 9.80 Å². The van der Waals surface area contributed by atoms with E-state index in [9.17, 15) is 5.11 Å². The van der Waals surface area contributed by atoms with Crippen LogP contribution in [0.2, 0.25) is 0 Å². The zero-order chi connectivity index (χ0) is 13.0. The lowest BCUT2D eigenvalue weighted by Gasteiger charge is -2.18. The Bertz CT molecular complexity index is 344. The number of benzene rings is 1. The second-order valence-corrected chi connectivity index (χ2v) is 4.94. The van der Waals surface area contributed by atoms with Crippen LogP contribution < -0.4 is 5.73 Å². The SMILES string of the molecule is CN(C)Cc1cc(CN)cc(CN(C)C)c1O. The van der Waals surface area contributed by atoms with Gasteiger partial charge in [-0.2, -0.15) is 0 Å². The van der Waals surface area contributed by atoms with Gasteiger partial charge in [-0.1, -0.05) is 0 Å². The predicted molar refractivity (Wildman–Crippen MR) is 70.8 cm³/mol. The Balaban J connectivity index is 3.11. The van der Waals surface area contributed by atoms with Crippen molar-refractivity contribution < 1.29 is 5.11 Å². The lowest BCUT2D eigenvalue weighted by molar-refractivity contribution is 0.368. The van der Waals surface area contributed by atoms with Crippen LogP contribution in [0.5, 0.6) is 5.75 Å². The minimum atomic E-state index is 0.393. The van der Waals surface area contributed by atoms with Crippen molar-refractivity contribution in [2.75, 3.05) is 28.2 Å². The molecule has 0 fully saturated rings. The summed E-state index contributed by atoms with van der Waals surface area (Å²) in [4.78, 5) is 4.07. The maximum Gasteiger partial charge on any atom is 0.124 e. The monoisotopic (exact) mass is 237 g/mol. The van der Waals surface area contributed by atoms with Gasteiger partial charge in [0.15, 0.2) is 0 Å². The quantitative estimate of drug-likeness (QED) is 0.801. The molecular formula is C13H23N3O. The first-order chi connectivity index (χ1) is 7.93. The molecule has 0 aliphatic carbocycles. The summed E-state index contributed by atoms with van der Waals surface area (Å²) in [6.45, 7) is 1.95. The fourth-order valence-corrected chi connectivity index (χ4v) is 1.87. The van der Waals surface area contributed by atoms with E-state index in [1.165, 1.54) is 0 Å². The average Bonchev–Trinajstić information content (AvgIpc) is 2.22. The first-order valence-corrected chi connectivity index (χ1v) is 5.77. The van der Waals surface area contributed by atoms with Crippen LogP contribution >= 0.6 is 0 Å². The third-order valence-electron chi connectivity index (χ3n) is 2.54. The molecule has 0 radical (unpaired) electrons. The number of rotatable bonds is 5. The summed E-state index contributed by atoms with van der Waals surface area (Å²) < 4.78 is 0. The zero-order valence-corrected chi connectivity index (χ0v) is 11.2. The highest BCUT2D eigenvalue weighted by molar-refractivity contribution is 5.43. The standard InChI is InChI=1S/C13H23N3O/c1-15(2)8-11-5-10(7-14)6-12(13(11)17)9-16(3)4/h5-6,17H,7-9,14H2,1-4H3. The summed E-state index contributed by atoms with van der Waals surface area (Å²) in [5, 5.41) is 10.2. The first kappa shape index (κ1) is 14.0. The van der Waals surface area contributed by atoms with Crippen LogP contribution in [0.15, 0.2) is 12.1 Å². The Morgan fingerprint density at radius 3 is 1.71 bits per heavy atom. The number of phenols is 1. The molecule has 96 valence electrons. The van der Waals surface area contributed by atoms with Gasteiger partial charge in [-0.15, -0.1) is 0 Å². The summed E-state index contributed by atoms with van der Waals surface area (Å²) >= 11 is 0. The van der Waals surface area contributed by atoms with Crippen LogP contribution in [-0.2, 0) is 19.6 Å². The first-order valence-electron chi connectivity index (χ1n) is 5.77. The highest BCUT2D eigenvalue weighted by atomic mass is 16.3. The molecule has 0 heterocycles. The number of phenolic OH excluding ortho intramolecular Hbond substituents is 1. The molecule has 0 atom stereocenters. The maximum atomic E-state index is 10.2. The van der Waals surface area contributed by atoms with Gasteiger partial charge >= 0.3 is 0 Å². The van der Waals surface area contributed by atoms with Crippen LogP contribution in [0.3, 0.4) is 0 Å². The smallest absolute Gasteiger partial charge is 0.124 e. The predicted octanol–water partition coefficient (Wildman–Crippen LogP) is 0.974. The van der Waals surface area contributed by atoms with Crippen LogP contribution in [0.4, 0.5) is 0 Å². The summed E-state index contributed by atoms with van der Waals surface area (Å²) in [6.07, 6.45) is 0. The molecular weight excluding hydrogens is 214 g/mol. The Labute approximate surface area is 104 Å². The fourth-order valence-electron chi connectivity index (χ4n) is 1.87. The summed E-state index contributed by atoms with van der Waals surface area (Å²) in [5.41, 5.74) is 8.64. The van der Waals surface area contributed by atoms with E-state index in [2.05, 4.69) is 0 Å². The highest BCUT2D eigenvalue weighted by Gasteiger charge is 2.11. The molecule has 0 bridgehead atoms. The van der Waals surface area contributed by atoms with Gasteiger partial charge in [0.05, 0.1) is 0 Å². The lowest BCUT2D eigenvalue weighted by atomic mass is 10.0. The molecule has 4 heteroatoms. The summed E-state index contributed by atoms with van der Waals surface area (Å²) in [5.74, 6) is 0.393. The van der Waals surface area contributed by atoms with Gasteiger partial charge in [0.1, 0.15) is 5.75 Å². The second-order valence-electron chi connectivity index (χ2n) is 4.94. The van der Waals surface area contributed by atoms with Gasteiger partial charge in [-0.05, 0) is 45.9 Å². The van der Waals surface area contributed by atoms with Crippen LogP contribution in [0.25, 0.3) is 0 Å². The fraction of sp³-hybridized carbons (Fsp3) is 0.538. The third-order valence-corrected chi connectivity index (χ3v) is 2.54. The molecule has 0 aliphatic heterocycles. The van der Waals surface area contributed by atoms with E-state index in [1.54, 1.807) is 0 Å². The minimum absolute atomic E-state index is 0.393. The van der Waals surface area contributed by atoms with Crippen molar-refractivity contribution in [3.63, 3.8) is 0 Å².